The summed E-state index contributed by atoms with van der Waals surface area (Å²) in [7, 11) is 1.57. The zero-order valence-electron chi connectivity index (χ0n) is 8.64. The van der Waals surface area contributed by atoms with E-state index in [1.165, 1.54) is 0 Å². The Morgan fingerprint density at radius 2 is 2.27 bits per heavy atom. The first-order valence-corrected chi connectivity index (χ1v) is 4.85. The molecule has 4 atom stereocenters. The molecule has 0 saturated carbocycles. The third-order valence-corrected chi connectivity index (χ3v) is 2.94. The van der Waals surface area contributed by atoms with Crippen LogP contribution in [0.25, 0.3) is 0 Å². The molecule has 15 heavy (non-hydrogen) atoms. The highest BCUT2D eigenvalue weighted by Crippen LogP contribution is 2.45. The van der Waals surface area contributed by atoms with E-state index in [4.69, 9.17) is 14.2 Å². The van der Waals surface area contributed by atoms with E-state index in [0.29, 0.717) is 12.2 Å². The summed E-state index contributed by atoms with van der Waals surface area (Å²) in [5, 5.41) is 0. The van der Waals surface area contributed by atoms with Crippen LogP contribution in [0.1, 0.15) is 6.42 Å². The molecule has 0 amide bonds. The molecule has 4 nitrogen and oxygen atoms in total. The van der Waals surface area contributed by atoms with Crippen LogP contribution in [-0.4, -0.2) is 26.0 Å². The second-order valence-corrected chi connectivity index (χ2v) is 3.75. The lowest BCUT2D eigenvalue weighted by Crippen LogP contribution is -2.51. The highest BCUT2D eigenvalue weighted by atomic mass is 16.8. The number of rotatable bonds is 3. The molecule has 3 heterocycles. The molecule has 0 unspecified atom stereocenters. The Labute approximate surface area is 88.5 Å². The summed E-state index contributed by atoms with van der Waals surface area (Å²) in [4.78, 5) is 10.5. The van der Waals surface area contributed by atoms with Gasteiger partial charge in [0.2, 0.25) is 6.29 Å². The lowest BCUT2D eigenvalue weighted by molar-refractivity contribution is -0.307. The van der Waals surface area contributed by atoms with Crippen LogP contribution in [-0.2, 0) is 19.0 Å². The zero-order chi connectivity index (χ0) is 11.0. The van der Waals surface area contributed by atoms with Crippen molar-refractivity contribution in [2.24, 2.45) is 11.8 Å². The average Bonchev–Trinajstić information content (AvgIpc) is 2.22. The summed E-state index contributed by atoms with van der Waals surface area (Å²) in [5.41, 5.74) is 0.918. The molecule has 0 spiro atoms. The van der Waals surface area contributed by atoms with Crippen LogP contribution in [0.4, 0.5) is 0 Å². The van der Waals surface area contributed by atoms with Crippen LogP contribution in [0.5, 0.6) is 0 Å². The molecule has 3 aliphatic rings. The number of ether oxygens (including phenoxy) is 3. The van der Waals surface area contributed by atoms with Crippen molar-refractivity contribution in [3.8, 4) is 0 Å². The normalized spacial score (nSPS) is 39.0. The molecular formula is C11H14O4. The number of methoxy groups -OCH3 is 1. The van der Waals surface area contributed by atoms with E-state index in [1.54, 1.807) is 7.11 Å². The first-order chi connectivity index (χ1) is 7.19. The van der Waals surface area contributed by atoms with Crippen molar-refractivity contribution in [1.82, 2.24) is 0 Å². The minimum absolute atomic E-state index is 0.0793. The molecule has 82 valence electrons. The zero-order valence-corrected chi connectivity index (χ0v) is 8.64. The molecular weight excluding hydrogens is 196 g/mol. The molecule has 0 aliphatic carbocycles. The predicted octanol–water partition coefficient (Wildman–Crippen LogP) is 1.24. The topological polar surface area (TPSA) is 44.8 Å². The highest BCUT2D eigenvalue weighted by molar-refractivity contribution is 5.51. The maximum atomic E-state index is 10.5. The first kappa shape index (κ1) is 10.4. The van der Waals surface area contributed by atoms with Crippen molar-refractivity contribution in [1.29, 1.82) is 0 Å². The van der Waals surface area contributed by atoms with Crippen molar-refractivity contribution >= 4 is 6.29 Å². The summed E-state index contributed by atoms with van der Waals surface area (Å²) in [6.45, 7) is 7.79. The Morgan fingerprint density at radius 1 is 1.53 bits per heavy atom. The van der Waals surface area contributed by atoms with Crippen LogP contribution in [0.3, 0.4) is 0 Å². The van der Waals surface area contributed by atoms with E-state index >= 15 is 0 Å². The number of carbonyl (C=O) groups is 1. The van der Waals surface area contributed by atoms with Gasteiger partial charge in [-0.2, -0.15) is 0 Å². The standard InChI is InChI=1S/C11H14O4/c1-6-8(4-5-12)10-14-7(2)9(6)11(13-3)15-10/h5,8-11H,1-2,4H2,3H3/t8-,9-,10+,11+/m0/s1. The molecule has 4 heteroatoms. The van der Waals surface area contributed by atoms with Gasteiger partial charge >= 0.3 is 0 Å². The van der Waals surface area contributed by atoms with Gasteiger partial charge in [-0.05, 0) is 0 Å². The van der Waals surface area contributed by atoms with Crippen LogP contribution in [0.15, 0.2) is 24.5 Å². The minimum atomic E-state index is -0.481. The van der Waals surface area contributed by atoms with Gasteiger partial charge in [0.1, 0.15) is 12.0 Å². The third kappa shape index (κ3) is 1.50. The summed E-state index contributed by atoms with van der Waals surface area (Å²) in [6.07, 6.45) is 0.356. The van der Waals surface area contributed by atoms with Crippen molar-refractivity contribution in [3.63, 3.8) is 0 Å². The Kier molecular flexibility index (Phi) is 2.63. The van der Waals surface area contributed by atoms with Crippen LogP contribution in [0, 0.1) is 11.8 Å². The van der Waals surface area contributed by atoms with Gasteiger partial charge in [0, 0.05) is 19.4 Å². The molecule has 0 aromatic rings. The fourth-order valence-corrected chi connectivity index (χ4v) is 2.13. The number of hydrogen-bond acceptors (Lipinski definition) is 4. The van der Waals surface area contributed by atoms with E-state index in [0.717, 1.165) is 11.9 Å². The van der Waals surface area contributed by atoms with Gasteiger partial charge in [0.25, 0.3) is 0 Å². The second kappa shape index (κ2) is 3.79. The number of hydrogen-bond donors (Lipinski definition) is 0. The lowest BCUT2D eigenvalue weighted by Gasteiger charge is -2.48. The Balaban J connectivity index is 2.24. The molecule has 3 saturated heterocycles. The molecule has 0 aromatic heterocycles. The summed E-state index contributed by atoms with van der Waals surface area (Å²) in [5.74, 6) is 0.375. The Morgan fingerprint density at radius 3 is 2.80 bits per heavy atom. The van der Waals surface area contributed by atoms with Gasteiger partial charge in [0.15, 0.2) is 6.29 Å². The van der Waals surface area contributed by atoms with Crippen LogP contribution < -0.4 is 0 Å². The molecule has 3 rings (SSSR count). The summed E-state index contributed by atoms with van der Waals surface area (Å²) in [6, 6.07) is 0. The molecule has 0 N–H and O–H groups in total. The van der Waals surface area contributed by atoms with E-state index < -0.39 is 6.29 Å². The number of fused-ring (bicyclic) bond motifs is 3. The summed E-state index contributed by atoms with van der Waals surface area (Å²) >= 11 is 0. The fourth-order valence-electron chi connectivity index (χ4n) is 2.13. The van der Waals surface area contributed by atoms with Crippen molar-refractivity contribution in [2.75, 3.05) is 7.11 Å². The van der Waals surface area contributed by atoms with Gasteiger partial charge in [-0.25, -0.2) is 0 Å². The van der Waals surface area contributed by atoms with Gasteiger partial charge in [-0.3, -0.25) is 0 Å². The molecule has 3 fully saturated rings. The second-order valence-electron chi connectivity index (χ2n) is 3.75. The number of carbonyl (C=O) groups excluding carboxylic acids is 1. The Bertz CT molecular complexity index is 310. The maximum absolute atomic E-state index is 10.5. The smallest absolute Gasteiger partial charge is 0.209 e. The monoisotopic (exact) mass is 210 g/mol. The minimum Gasteiger partial charge on any atom is -0.468 e. The van der Waals surface area contributed by atoms with Gasteiger partial charge in [0.05, 0.1) is 5.92 Å². The molecule has 3 aliphatic heterocycles. The molecule has 2 bridgehead atoms. The van der Waals surface area contributed by atoms with Crippen LogP contribution in [0.2, 0.25) is 0 Å². The van der Waals surface area contributed by atoms with Gasteiger partial charge in [-0.1, -0.05) is 18.7 Å². The van der Waals surface area contributed by atoms with Crippen molar-refractivity contribution in [3.05, 3.63) is 24.5 Å². The molecule has 0 radical (unpaired) electrons. The largest absolute Gasteiger partial charge is 0.468 e. The average molecular weight is 210 g/mol. The number of aldehydes is 1. The fraction of sp³-hybridized carbons (Fsp3) is 0.545. The summed E-state index contributed by atoms with van der Waals surface area (Å²) < 4.78 is 16.1. The predicted molar refractivity (Wildman–Crippen MR) is 52.7 cm³/mol. The molecule has 0 aromatic carbocycles. The maximum Gasteiger partial charge on any atom is 0.209 e. The van der Waals surface area contributed by atoms with E-state index in [1.807, 2.05) is 0 Å². The first-order valence-electron chi connectivity index (χ1n) is 4.85. The van der Waals surface area contributed by atoms with E-state index in [2.05, 4.69) is 13.2 Å². The van der Waals surface area contributed by atoms with Gasteiger partial charge in [-0.15, -0.1) is 0 Å². The lowest BCUT2D eigenvalue weighted by atomic mass is 9.80. The highest BCUT2D eigenvalue weighted by Gasteiger charge is 2.49. The third-order valence-electron chi connectivity index (χ3n) is 2.94. The SMILES string of the molecule is C=C1O[C@@H]2O[C@@H](OC)[C@H]1C(=C)[C@@H]2CC=O. The quantitative estimate of drug-likeness (QED) is 0.519. The van der Waals surface area contributed by atoms with E-state index in [-0.39, 0.29) is 18.1 Å². The Hall–Kier alpha value is -1.13. The van der Waals surface area contributed by atoms with Gasteiger partial charge < -0.3 is 19.0 Å². The van der Waals surface area contributed by atoms with Crippen LogP contribution >= 0.6 is 0 Å². The van der Waals surface area contributed by atoms with E-state index in [9.17, 15) is 4.79 Å². The van der Waals surface area contributed by atoms with Crippen molar-refractivity contribution in [2.45, 2.75) is 19.0 Å². The van der Waals surface area contributed by atoms with Crippen molar-refractivity contribution < 1.29 is 19.0 Å².